The van der Waals surface area contributed by atoms with Gasteiger partial charge in [-0.2, -0.15) is 0 Å². The Morgan fingerprint density at radius 1 is 1.15 bits per heavy atom. The summed E-state index contributed by atoms with van der Waals surface area (Å²) in [5, 5.41) is 4.62. The van der Waals surface area contributed by atoms with E-state index >= 15 is 0 Å². The molecule has 2 aliphatic rings. The maximum absolute atomic E-state index is 12.7. The molecule has 1 aromatic carbocycles. The molecule has 1 saturated heterocycles. The molecule has 1 saturated carbocycles. The highest BCUT2D eigenvalue weighted by atomic mass is 35.5. The van der Waals surface area contributed by atoms with Crippen LogP contribution in [-0.2, 0) is 4.74 Å². The number of nitrogens with one attached hydrogen (secondary N) is 1. The van der Waals surface area contributed by atoms with E-state index in [0.29, 0.717) is 22.9 Å². The van der Waals surface area contributed by atoms with Crippen molar-refractivity contribution < 1.29 is 13.9 Å². The molecule has 1 amide bonds. The molecule has 0 radical (unpaired) electrons. The van der Waals surface area contributed by atoms with Crippen molar-refractivity contribution in [1.29, 1.82) is 0 Å². The summed E-state index contributed by atoms with van der Waals surface area (Å²) < 4.78 is 11.2. The zero-order valence-electron chi connectivity index (χ0n) is 14.9. The van der Waals surface area contributed by atoms with Crippen LogP contribution in [0.5, 0.6) is 0 Å². The first-order chi connectivity index (χ1) is 12.7. The van der Waals surface area contributed by atoms with Crippen molar-refractivity contribution in [2.45, 2.75) is 37.6 Å². The van der Waals surface area contributed by atoms with Crippen LogP contribution in [0.2, 0.25) is 5.02 Å². The molecule has 1 N–H and O–H groups in total. The molecule has 26 heavy (non-hydrogen) atoms. The van der Waals surface area contributed by atoms with Crippen LogP contribution >= 0.6 is 11.6 Å². The number of furan rings is 1. The van der Waals surface area contributed by atoms with Crippen LogP contribution in [-0.4, -0.2) is 49.2 Å². The predicted octanol–water partition coefficient (Wildman–Crippen LogP) is 3.85. The molecule has 2 aromatic rings. The molecule has 2 heterocycles. The number of hydrogen-bond acceptors (Lipinski definition) is 4. The third-order valence-electron chi connectivity index (χ3n) is 5.75. The normalized spacial score (nSPS) is 21.0. The van der Waals surface area contributed by atoms with E-state index in [1.54, 1.807) is 18.2 Å². The van der Waals surface area contributed by atoms with Crippen LogP contribution < -0.4 is 5.32 Å². The van der Waals surface area contributed by atoms with Gasteiger partial charge in [0, 0.05) is 35.6 Å². The van der Waals surface area contributed by atoms with Gasteiger partial charge in [-0.15, -0.1) is 0 Å². The van der Waals surface area contributed by atoms with Gasteiger partial charge in [-0.1, -0.05) is 30.9 Å². The average molecular weight is 377 g/mol. The molecule has 0 bridgehead atoms. The number of fused-ring (bicyclic) bond motifs is 1. The summed E-state index contributed by atoms with van der Waals surface area (Å²) in [4.78, 5) is 15.2. The van der Waals surface area contributed by atoms with E-state index in [1.807, 2.05) is 6.07 Å². The summed E-state index contributed by atoms with van der Waals surface area (Å²) in [6, 6.07) is 7.14. The molecule has 140 valence electrons. The van der Waals surface area contributed by atoms with Crippen molar-refractivity contribution in [2.75, 3.05) is 32.8 Å². The molecular formula is C20H25ClN2O3. The molecule has 1 aliphatic heterocycles. The first-order valence-corrected chi connectivity index (χ1v) is 9.84. The summed E-state index contributed by atoms with van der Waals surface area (Å²) in [7, 11) is 0. The number of nitrogens with zero attached hydrogens (tertiary/aromatic N) is 1. The fourth-order valence-corrected chi connectivity index (χ4v) is 4.49. The Morgan fingerprint density at radius 2 is 1.92 bits per heavy atom. The molecule has 0 atom stereocenters. The van der Waals surface area contributed by atoms with Crippen molar-refractivity contribution >= 4 is 28.5 Å². The number of halogens is 1. The van der Waals surface area contributed by atoms with Gasteiger partial charge in [-0.25, -0.2) is 0 Å². The molecule has 0 spiro atoms. The van der Waals surface area contributed by atoms with Crippen molar-refractivity contribution in [3.8, 4) is 0 Å². The maximum atomic E-state index is 12.7. The largest absolute Gasteiger partial charge is 0.451 e. The highest BCUT2D eigenvalue weighted by Crippen LogP contribution is 2.34. The zero-order chi connectivity index (χ0) is 18.0. The zero-order valence-corrected chi connectivity index (χ0v) is 15.7. The van der Waals surface area contributed by atoms with Crippen LogP contribution in [0.4, 0.5) is 0 Å². The first-order valence-electron chi connectivity index (χ1n) is 9.46. The van der Waals surface area contributed by atoms with Crippen LogP contribution in [0.1, 0.15) is 42.7 Å². The van der Waals surface area contributed by atoms with Gasteiger partial charge in [0.05, 0.1) is 13.2 Å². The number of carbonyl (C=O) groups is 1. The lowest BCUT2D eigenvalue weighted by molar-refractivity contribution is -0.0362. The van der Waals surface area contributed by atoms with Gasteiger partial charge < -0.3 is 14.5 Å². The highest BCUT2D eigenvalue weighted by molar-refractivity contribution is 6.31. The fraction of sp³-hybridized carbons (Fsp3) is 0.550. The van der Waals surface area contributed by atoms with Crippen LogP contribution in [0.15, 0.2) is 28.7 Å². The summed E-state index contributed by atoms with van der Waals surface area (Å²) in [6.45, 7) is 4.10. The lowest BCUT2D eigenvalue weighted by Crippen LogP contribution is -2.59. The van der Waals surface area contributed by atoms with E-state index in [2.05, 4.69) is 10.2 Å². The van der Waals surface area contributed by atoms with E-state index in [0.717, 1.165) is 44.5 Å². The third-order valence-corrected chi connectivity index (χ3v) is 5.98. The van der Waals surface area contributed by atoms with Gasteiger partial charge in [0.2, 0.25) is 0 Å². The standard InChI is InChI=1S/C20H25ClN2O3/c21-16-4-5-17-15(12-16)13-18(26-17)19(24)22-14-20(6-2-1-3-7-20)23-8-10-25-11-9-23/h4-5,12-13H,1-3,6-11,14H2,(H,22,24). The fourth-order valence-electron chi connectivity index (χ4n) is 4.31. The SMILES string of the molecule is O=C(NCC1(N2CCOCC2)CCCCC1)c1cc2cc(Cl)ccc2o1. The minimum Gasteiger partial charge on any atom is -0.451 e. The van der Waals surface area contributed by atoms with Gasteiger partial charge in [-0.3, -0.25) is 9.69 Å². The van der Waals surface area contributed by atoms with Crippen LogP contribution in [0.25, 0.3) is 11.0 Å². The summed E-state index contributed by atoms with van der Waals surface area (Å²) >= 11 is 6.02. The Balaban J connectivity index is 1.48. The van der Waals surface area contributed by atoms with Crippen molar-refractivity contribution in [3.05, 3.63) is 35.0 Å². The third kappa shape index (κ3) is 3.61. The van der Waals surface area contributed by atoms with E-state index < -0.39 is 0 Å². The summed E-state index contributed by atoms with van der Waals surface area (Å²) in [5.74, 6) is 0.186. The van der Waals surface area contributed by atoms with E-state index in [-0.39, 0.29) is 11.4 Å². The second kappa shape index (κ2) is 7.59. The quantitative estimate of drug-likeness (QED) is 0.880. The molecule has 1 aromatic heterocycles. The summed E-state index contributed by atoms with van der Waals surface area (Å²) in [5.41, 5.74) is 0.729. The van der Waals surface area contributed by atoms with Gasteiger partial charge in [0.15, 0.2) is 5.76 Å². The number of hydrogen-bond donors (Lipinski definition) is 1. The van der Waals surface area contributed by atoms with E-state index in [4.69, 9.17) is 20.8 Å². The second-order valence-electron chi connectivity index (χ2n) is 7.36. The number of ether oxygens (including phenoxy) is 1. The van der Waals surface area contributed by atoms with Gasteiger partial charge in [0.25, 0.3) is 5.91 Å². The molecule has 1 aliphatic carbocycles. The number of rotatable bonds is 4. The molecule has 2 fully saturated rings. The van der Waals surface area contributed by atoms with E-state index in [1.165, 1.54) is 19.3 Å². The Morgan fingerprint density at radius 3 is 2.69 bits per heavy atom. The molecule has 4 rings (SSSR count). The Bertz CT molecular complexity index is 776. The van der Waals surface area contributed by atoms with Crippen molar-refractivity contribution in [2.24, 2.45) is 0 Å². The molecular weight excluding hydrogens is 352 g/mol. The number of morpholine rings is 1. The van der Waals surface area contributed by atoms with Gasteiger partial charge in [-0.05, 0) is 37.1 Å². The Hall–Kier alpha value is -1.56. The lowest BCUT2D eigenvalue weighted by atomic mass is 9.79. The first kappa shape index (κ1) is 17.8. The highest BCUT2D eigenvalue weighted by Gasteiger charge is 2.39. The molecule has 6 heteroatoms. The second-order valence-corrected chi connectivity index (χ2v) is 7.80. The average Bonchev–Trinajstić information content (AvgIpc) is 3.11. The molecule has 0 unspecified atom stereocenters. The van der Waals surface area contributed by atoms with Gasteiger partial charge in [0.1, 0.15) is 5.58 Å². The molecule has 5 nitrogen and oxygen atoms in total. The Labute approximate surface area is 158 Å². The smallest absolute Gasteiger partial charge is 0.287 e. The maximum Gasteiger partial charge on any atom is 0.287 e. The van der Waals surface area contributed by atoms with E-state index in [9.17, 15) is 4.79 Å². The number of amides is 1. The minimum absolute atomic E-state index is 0.0486. The van der Waals surface area contributed by atoms with Crippen molar-refractivity contribution in [1.82, 2.24) is 10.2 Å². The Kier molecular flexibility index (Phi) is 5.20. The topological polar surface area (TPSA) is 54.7 Å². The van der Waals surface area contributed by atoms with Crippen LogP contribution in [0.3, 0.4) is 0 Å². The predicted molar refractivity (Wildman–Crippen MR) is 102 cm³/mol. The summed E-state index contributed by atoms with van der Waals surface area (Å²) in [6.07, 6.45) is 5.98. The van der Waals surface area contributed by atoms with Crippen LogP contribution in [0, 0.1) is 0 Å². The number of benzene rings is 1. The lowest BCUT2D eigenvalue weighted by Gasteiger charge is -2.48. The van der Waals surface area contributed by atoms with Crippen molar-refractivity contribution in [3.63, 3.8) is 0 Å². The minimum atomic E-state index is -0.157. The van der Waals surface area contributed by atoms with Gasteiger partial charge >= 0.3 is 0 Å². The monoisotopic (exact) mass is 376 g/mol. The number of carbonyl (C=O) groups excluding carboxylic acids is 1.